The van der Waals surface area contributed by atoms with Gasteiger partial charge in [-0.2, -0.15) is 5.10 Å². The standard InChI is InChI=1S/C12H18N6O/c1-9(12-17-15-8-18(12)2)16-11(19)5-3-4-10-6-13-14-7-10/h6-9H,3-5H2,1-2H3,(H,13,14)(H,16,19)/t9-/m0/s1. The number of hydrogen-bond acceptors (Lipinski definition) is 4. The van der Waals surface area contributed by atoms with E-state index >= 15 is 0 Å². The molecule has 7 nitrogen and oxygen atoms in total. The summed E-state index contributed by atoms with van der Waals surface area (Å²) in [7, 11) is 1.86. The first-order valence-electron chi connectivity index (χ1n) is 6.27. The minimum Gasteiger partial charge on any atom is -0.346 e. The van der Waals surface area contributed by atoms with Gasteiger partial charge >= 0.3 is 0 Å². The van der Waals surface area contributed by atoms with E-state index in [1.54, 1.807) is 17.1 Å². The normalized spacial score (nSPS) is 12.3. The van der Waals surface area contributed by atoms with Crippen molar-refractivity contribution in [2.24, 2.45) is 7.05 Å². The summed E-state index contributed by atoms with van der Waals surface area (Å²) < 4.78 is 1.80. The van der Waals surface area contributed by atoms with Gasteiger partial charge in [-0.1, -0.05) is 0 Å². The Labute approximate surface area is 111 Å². The fourth-order valence-electron chi connectivity index (χ4n) is 1.93. The number of carbonyl (C=O) groups excluding carboxylic acids is 1. The molecule has 19 heavy (non-hydrogen) atoms. The van der Waals surface area contributed by atoms with Crippen molar-refractivity contribution in [2.45, 2.75) is 32.2 Å². The van der Waals surface area contributed by atoms with Gasteiger partial charge in [0.25, 0.3) is 0 Å². The maximum absolute atomic E-state index is 11.8. The van der Waals surface area contributed by atoms with E-state index in [0.717, 1.165) is 24.2 Å². The lowest BCUT2D eigenvalue weighted by Gasteiger charge is -2.12. The lowest BCUT2D eigenvalue weighted by Crippen LogP contribution is -2.28. The van der Waals surface area contributed by atoms with Gasteiger partial charge in [0, 0.05) is 19.7 Å². The number of nitrogens with zero attached hydrogens (tertiary/aromatic N) is 4. The van der Waals surface area contributed by atoms with Crippen molar-refractivity contribution in [3.05, 3.63) is 30.1 Å². The van der Waals surface area contributed by atoms with Crippen LogP contribution in [0, 0.1) is 0 Å². The molecular formula is C12H18N6O. The second-order valence-corrected chi connectivity index (χ2v) is 4.55. The zero-order valence-electron chi connectivity index (χ0n) is 11.1. The number of rotatable bonds is 6. The van der Waals surface area contributed by atoms with Gasteiger partial charge in [0.1, 0.15) is 6.33 Å². The van der Waals surface area contributed by atoms with Gasteiger partial charge in [0.15, 0.2) is 5.82 Å². The van der Waals surface area contributed by atoms with E-state index in [0.29, 0.717) is 6.42 Å². The fourth-order valence-corrected chi connectivity index (χ4v) is 1.93. The Balaban J connectivity index is 1.74. The lowest BCUT2D eigenvalue weighted by molar-refractivity contribution is -0.121. The molecule has 0 bridgehead atoms. The first-order chi connectivity index (χ1) is 9.16. The number of hydrogen-bond donors (Lipinski definition) is 2. The molecule has 2 aromatic heterocycles. The molecule has 0 aliphatic heterocycles. The Morgan fingerprint density at radius 1 is 1.58 bits per heavy atom. The molecule has 2 N–H and O–H groups in total. The van der Waals surface area contributed by atoms with Crippen molar-refractivity contribution in [3.63, 3.8) is 0 Å². The van der Waals surface area contributed by atoms with Gasteiger partial charge in [-0.25, -0.2) is 0 Å². The van der Waals surface area contributed by atoms with Crippen LogP contribution in [-0.2, 0) is 18.3 Å². The third kappa shape index (κ3) is 3.64. The van der Waals surface area contributed by atoms with Crippen LogP contribution < -0.4 is 5.32 Å². The van der Waals surface area contributed by atoms with E-state index in [4.69, 9.17) is 0 Å². The first kappa shape index (κ1) is 13.3. The fraction of sp³-hybridized carbons (Fsp3) is 0.500. The number of aromatic nitrogens is 5. The zero-order valence-corrected chi connectivity index (χ0v) is 11.1. The minimum atomic E-state index is -0.131. The second-order valence-electron chi connectivity index (χ2n) is 4.55. The molecule has 0 unspecified atom stereocenters. The average Bonchev–Trinajstić information content (AvgIpc) is 3.00. The summed E-state index contributed by atoms with van der Waals surface area (Å²) in [6, 6.07) is -0.131. The van der Waals surface area contributed by atoms with Crippen molar-refractivity contribution in [3.8, 4) is 0 Å². The predicted molar refractivity (Wildman–Crippen MR) is 69.1 cm³/mol. The third-order valence-electron chi connectivity index (χ3n) is 2.94. The monoisotopic (exact) mass is 262 g/mol. The van der Waals surface area contributed by atoms with Crippen molar-refractivity contribution >= 4 is 5.91 Å². The molecule has 0 aromatic carbocycles. The molecule has 7 heteroatoms. The molecule has 102 valence electrons. The van der Waals surface area contributed by atoms with Crippen LogP contribution in [0.5, 0.6) is 0 Å². The van der Waals surface area contributed by atoms with E-state index in [9.17, 15) is 4.79 Å². The van der Waals surface area contributed by atoms with Crippen molar-refractivity contribution in [2.75, 3.05) is 0 Å². The van der Waals surface area contributed by atoms with Gasteiger partial charge in [-0.3, -0.25) is 9.89 Å². The van der Waals surface area contributed by atoms with E-state index in [1.807, 2.05) is 20.2 Å². The molecule has 2 aromatic rings. The average molecular weight is 262 g/mol. The summed E-state index contributed by atoms with van der Waals surface area (Å²) in [4.78, 5) is 11.8. The summed E-state index contributed by atoms with van der Waals surface area (Å²) in [5.41, 5.74) is 1.12. The highest BCUT2D eigenvalue weighted by atomic mass is 16.1. The Morgan fingerprint density at radius 2 is 2.42 bits per heavy atom. The molecule has 2 rings (SSSR count). The Kier molecular flexibility index (Phi) is 4.27. The second kappa shape index (κ2) is 6.12. The molecule has 2 heterocycles. The van der Waals surface area contributed by atoms with Crippen LogP contribution in [0.15, 0.2) is 18.7 Å². The van der Waals surface area contributed by atoms with Crippen LogP contribution in [0.4, 0.5) is 0 Å². The van der Waals surface area contributed by atoms with Crippen LogP contribution in [0.25, 0.3) is 0 Å². The molecule has 0 spiro atoms. The number of aryl methyl sites for hydroxylation is 2. The van der Waals surface area contributed by atoms with Crippen LogP contribution >= 0.6 is 0 Å². The number of amides is 1. The van der Waals surface area contributed by atoms with Crippen LogP contribution in [0.2, 0.25) is 0 Å². The molecule has 0 radical (unpaired) electrons. The highest BCUT2D eigenvalue weighted by molar-refractivity contribution is 5.76. The molecule has 0 saturated carbocycles. The van der Waals surface area contributed by atoms with E-state index in [2.05, 4.69) is 25.7 Å². The van der Waals surface area contributed by atoms with Gasteiger partial charge in [-0.05, 0) is 25.3 Å². The van der Waals surface area contributed by atoms with Crippen molar-refractivity contribution < 1.29 is 4.79 Å². The summed E-state index contributed by atoms with van der Waals surface area (Å²) in [5.74, 6) is 0.780. The van der Waals surface area contributed by atoms with Gasteiger partial charge in [0.2, 0.25) is 5.91 Å². The van der Waals surface area contributed by atoms with Crippen LogP contribution in [0.1, 0.15) is 37.2 Å². The van der Waals surface area contributed by atoms with Crippen LogP contribution in [0.3, 0.4) is 0 Å². The Bertz CT molecular complexity index is 518. The summed E-state index contributed by atoms with van der Waals surface area (Å²) >= 11 is 0. The van der Waals surface area contributed by atoms with Crippen LogP contribution in [-0.4, -0.2) is 30.9 Å². The first-order valence-corrected chi connectivity index (χ1v) is 6.27. The molecule has 0 aliphatic carbocycles. The SMILES string of the molecule is C[C@H](NC(=O)CCCc1cn[nH]c1)c1nncn1C. The van der Waals surface area contributed by atoms with Gasteiger partial charge in [-0.15, -0.1) is 10.2 Å². The lowest BCUT2D eigenvalue weighted by atomic mass is 10.1. The maximum Gasteiger partial charge on any atom is 0.220 e. The maximum atomic E-state index is 11.8. The molecule has 1 atom stereocenters. The summed E-state index contributed by atoms with van der Waals surface area (Å²) in [5, 5.41) is 17.3. The number of nitrogens with one attached hydrogen (secondary N) is 2. The largest absolute Gasteiger partial charge is 0.346 e. The number of H-pyrrole nitrogens is 1. The smallest absolute Gasteiger partial charge is 0.220 e. The Hall–Kier alpha value is -2.18. The topological polar surface area (TPSA) is 88.5 Å². The molecule has 0 saturated heterocycles. The third-order valence-corrected chi connectivity index (χ3v) is 2.94. The minimum absolute atomic E-state index is 0.0268. The zero-order chi connectivity index (χ0) is 13.7. The number of carbonyl (C=O) groups is 1. The quantitative estimate of drug-likeness (QED) is 0.803. The van der Waals surface area contributed by atoms with E-state index in [-0.39, 0.29) is 11.9 Å². The van der Waals surface area contributed by atoms with Gasteiger partial charge < -0.3 is 9.88 Å². The van der Waals surface area contributed by atoms with E-state index in [1.165, 1.54) is 0 Å². The predicted octanol–water partition coefficient (Wildman–Crippen LogP) is 0.738. The molecule has 1 amide bonds. The molecular weight excluding hydrogens is 244 g/mol. The molecule has 0 fully saturated rings. The highest BCUT2D eigenvalue weighted by Gasteiger charge is 2.13. The molecule has 0 aliphatic rings. The highest BCUT2D eigenvalue weighted by Crippen LogP contribution is 2.08. The summed E-state index contributed by atoms with van der Waals surface area (Å²) in [6.07, 6.45) is 7.39. The van der Waals surface area contributed by atoms with Crippen molar-refractivity contribution in [1.82, 2.24) is 30.3 Å². The summed E-state index contributed by atoms with van der Waals surface area (Å²) in [6.45, 7) is 1.90. The van der Waals surface area contributed by atoms with Gasteiger partial charge in [0.05, 0.1) is 12.2 Å². The Morgan fingerprint density at radius 3 is 3.05 bits per heavy atom. The number of aromatic amines is 1. The van der Waals surface area contributed by atoms with Crippen molar-refractivity contribution in [1.29, 1.82) is 0 Å². The van der Waals surface area contributed by atoms with E-state index < -0.39 is 0 Å².